The molecule has 26 heavy (non-hydrogen) atoms. The van der Waals surface area contributed by atoms with Crippen LogP contribution in [0.25, 0.3) is 11.1 Å². The average molecular weight is 394 g/mol. The van der Waals surface area contributed by atoms with Crippen LogP contribution in [0.4, 0.5) is 0 Å². The predicted octanol–water partition coefficient (Wildman–Crippen LogP) is 3.08. The Morgan fingerprint density at radius 3 is 2.54 bits per heavy atom. The van der Waals surface area contributed by atoms with Crippen LogP contribution >= 0.6 is 11.6 Å². The van der Waals surface area contributed by atoms with Gasteiger partial charge < -0.3 is 10.1 Å². The first-order valence-electron chi connectivity index (χ1n) is 8.26. The lowest BCUT2D eigenvalue weighted by atomic mass is 10.0. The van der Waals surface area contributed by atoms with Crippen LogP contribution in [0.3, 0.4) is 0 Å². The minimum Gasteiger partial charge on any atom is -0.482 e. The topological polar surface area (TPSA) is 72.5 Å². The maximum atomic E-state index is 12.1. The van der Waals surface area contributed by atoms with Crippen LogP contribution < -0.4 is 10.1 Å². The van der Waals surface area contributed by atoms with Gasteiger partial charge in [0, 0.05) is 0 Å². The number of halogens is 1. The number of carbonyl (C=O) groups is 1. The van der Waals surface area contributed by atoms with Gasteiger partial charge in [0.25, 0.3) is 5.91 Å². The molecule has 0 radical (unpaired) electrons. The molecule has 1 amide bonds. The van der Waals surface area contributed by atoms with Gasteiger partial charge in [-0.1, -0.05) is 48.0 Å². The standard InChI is InChI=1S/C19H20ClNO4S/c1-19(9-10-26(23,24)13-19)21-18(22)12-25-17-8-7-15(11-16(17)20)14-5-3-2-4-6-14/h2-8,11H,9-10,12-13H2,1H3,(H,21,22). The monoisotopic (exact) mass is 393 g/mol. The van der Waals surface area contributed by atoms with E-state index < -0.39 is 15.4 Å². The van der Waals surface area contributed by atoms with Crippen molar-refractivity contribution in [3.63, 3.8) is 0 Å². The van der Waals surface area contributed by atoms with Gasteiger partial charge in [-0.05, 0) is 36.6 Å². The first-order valence-corrected chi connectivity index (χ1v) is 10.5. The van der Waals surface area contributed by atoms with Gasteiger partial charge in [-0.3, -0.25) is 4.79 Å². The highest BCUT2D eigenvalue weighted by molar-refractivity contribution is 7.91. The Bertz CT molecular complexity index is 914. The van der Waals surface area contributed by atoms with E-state index in [2.05, 4.69) is 5.32 Å². The highest BCUT2D eigenvalue weighted by Crippen LogP contribution is 2.30. The van der Waals surface area contributed by atoms with E-state index in [0.29, 0.717) is 17.2 Å². The molecule has 0 saturated carbocycles. The van der Waals surface area contributed by atoms with Gasteiger partial charge in [0.15, 0.2) is 16.4 Å². The summed E-state index contributed by atoms with van der Waals surface area (Å²) in [6.45, 7) is 1.51. The van der Waals surface area contributed by atoms with Gasteiger partial charge >= 0.3 is 0 Å². The Morgan fingerprint density at radius 2 is 1.92 bits per heavy atom. The molecule has 2 aromatic carbocycles. The maximum absolute atomic E-state index is 12.1. The van der Waals surface area contributed by atoms with Crippen molar-refractivity contribution in [1.29, 1.82) is 0 Å². The summed E-state index contributed by atoms with van der Waals surface area (Å²) in [5.41, 5.74) is 1.25. The molecule has 0 aliphatic carbocycles. The molecule has 0 bridgehead atoms. The van der Waals surface area contributed by atoms with E-state index >= 15 is 0 Å². The summed E-state index contributed by atoms with van der Waals surface area (Å²) < 4.78 is 28.7. The second kappa shape index (κ2) is 7.29. The van der Waals surface area contributed by atoms with Crippen LogP contribution in [0, 0.1) is 0 Å². The van der Waals surface area contributed by atoms with Gasteiger partial charge in [-0.15, -0.1) is 0 Å². The van der Waals surface area contributed by atoms with Crippen LogP contribution in [0.1, 0.15) is 13.3 Å². The van der Waals surface area contributed by atoms with Crippen molar-refractivity contribution in [2.75, 3.05) is 18.1 Å². The summed E-state index contributed by atoms with van der Waals surface area (Å²) in [5, 5.41) is 3.16. The average Bonchev–Trinajstić information content (AvgIpc) is 2.87. The second-order valence-electron chi connectivity index (χ2n) is 6.75. The molecule has 1 aliphatic heterocycles. The summed E-state index contributed by atoms with van der Waals surface area (Å²) in [5.74, 6) is 0.0915. The fourth-order valence-electron chi connectivity index (χ4n) is 3.05. The molecule has 1 atom stereocenters. The molecule has 0 spiro atoms. The summed E-state index contributed by atoms with van der Waals surface area (Å²) >= 11 is 6.26. The molecule has 1 unspecified atom stereocenters. The first-order chi connectivity index (χ1) is 12.3. The number of ether oxygens (including phenoxy) is 1. The van der Waals surface area contributed by atoms with E-state index in [4.69, 9.17) is 16.3 Å². The van der Waals surface area contributed by atoms with Crippen LogP contribution in [-0.2, 0) is 14.6 Å². The number of sulfone groups is 1. The van der Waals surface area contributed by atoms with Crippen molar-refractivity contribution >= 4 is 27.3 Å². The zero-order valence-electron chi connectivity index (χ0n) is 14.4. The summed E-state index contributed by atoms with van der Waals surface area (Å²) in [4.78, 5) is 12.1. The number of amides is 1. The normalized spacial score (nSPS) is 21.3. The SMILES string of the molecule is CC1(NC(=O)COc2ccc(-c3ccccc3)cc2Cl)CCS(=O)(=O)C1. The minimum absolute atomic E-state index is 0.0434. The highest BCUT2D eigenvalue weighted by Gasteiger charge is 2.39. The van der Waals surface area contributed by atoms with E-state index in [1.807, 2.05) is 36.4 Å². The van der Waals surface area contributed by atoms with Crippen molar-refractivity contribution in [1.82, 2.24) is 5.32 Å². The van der Waals surface area contributed by atoms with Gasteiger partial charge in [0.1, 0.15) is 5.75 Å². The summed E-state index contributed by atoms with van der Waals surface area (Å²) in [6.07, 6.45) is 0.410. The molecular formula is C19H20ClNO4S. The number of hydrogen-bond donors (Lipinski definition) is 1. The number of rotatable bonds is 5. The third kappa shape index (κ3) is 4.56. The lowest BCUT2D eigenvalue weighted by Crippen LogP contribution is -2.48. The molecule has 3 rings (SSSR count). The lowest BCUT2D eigenvalue weighted by Gasteiger charge is -2.23. The predicted molar refractivity (Wildman–Crippen MR) is 102 cm³/mol. The zero-order valence-corrected chi connectivity index (χ0v) is 15.9. The smallest absolute Gasteiger partial charge is 0.258 e. The molecule has 1 N–H and O–H groups in total. The van der Waals surface area contributed by atoms with Gasteiger partial charge in [-0.2, -0.15) is 0 Å². The molecule has 0 aromatic heterocycles. The molecule has 138 valence electrons. The molecule has 7 heteroatoms. The van der Waals surface area contributed by atoms with Crippen LogP contribution in [-0.4, -0.2) is 38.0 Å². The molecule has 5 nitrogen and oxygen atoms in total. The third-order valence-electron chi connectivity index (χ3n) is 4.34. The van der Waals surface area contributed by atoms with Gasteiger partial charge in [-0.25, -0.2) is 8.42 Å². The highest BCUT2D eigenvalue weighted by atomic mass is 35.5. The molecule has 1 aliphatic rings. The van der Waals surface area contributed by atoms with Crippen molar-refractivity contribution in [2.45, 2.75) is 18.9 Å². The summed E-state index contributed by atoms with van der Waals surface area (Å²) in [7, 11) is -3.08. The Balaban J connectivity index is 1.60. The molecule has 1 heterocycles. The molecule has 2 aromatic rings. The first kappa shape index (κ1) is 18.7. The molecular weight excluding hydrogens is 374 g/mol. The quantitative estimate of drug-likeness (QED) is 0.847. The van der Waals surface area contributed by atoms with Crippen LogP contribution in [0.15, 0.2) is 48.5 Å². The van der Waals surface area contributed by atoms with Crippen molar-refractivity contribution in [3.05, 3.63) is 53.6 Å². The fourth-order valence-corrected chi connectivity index (χ4v) is 5.38. The number of carbonyl (C=O) groups excluding carboxylic acids is 1. The minimum atomic E-state index is -3.08. The van der Waals surface area contributed by atoms with Crippen molar-refractivity contribution < 1.29 is 17.9 Å². The van der Waals surface area contributed by atoms with Crippen molar-refractivity contribution in [3.8, 4) is 16.9 Å². The number of benzene rings is 2. The Morgan fingerprint density at radius 1 is 1.19 bits per heavy atom. The van der Waals surface area contributed by atoms with E-state index in [1.54, 1.807) is 19.1 Å². The largest absolute Gasteiger partial charge is 0.482 e. The van der Waals surface area contributed by atoms with Crippen LogP contribution in [0.5, 0.6) is 5.75 Å². The van der Waals surface area contributed by atoms with E-state index in [9.17, 15) is 13.2 Å². The maximum Gasteiger partial charge on any atom is 0.258 e. The Kier molecular flexibility index (Phi) is 5.25. The van der Waals surface area contributed by atoms with E-state index in [0.717, 1.165) is 11.1 Å². The lowest BCUT2D eigenvalue weighted by molar-refractivity contribution is -0.124. The number of hydrogen-bond acceptors (Lipinski definition) is 4. The van der Waals surface area contributed by atoms with Gasteiger partial charge in [0.2, 0.25) is 0 Å². The molecule has 1 fully saturated rings. The van der Waals surface area contributed by atoms with Crippen LogP contribution in [0.2, 0.25) is 5.02 Å². The third-order valence-corrected chi connectivity index (χ3v) is 6.54. The Hall–Kier alpha value is -2.05. The Labute approximate surface area is 158 Å². The number of nitrogens with one attached hydrogen (secondary N) is 1. The van der Waals surface area contributed by atoms with Gasteiger partial charge in [0.05, 0.1) is 22.1 Å². The zero-order chi connectivity index (χ0) is 18.8. The summed E-state index contributed by atoms with van der Waals surface area (Å²) in [6, 6.07) is 15.2. The second-order valence-corrected chi connectivity index (χ2v) is 9.34. The van der Waals surface area contributed by atoms with E-state index in [1.165, 1.54) is 0 Å². The van der Waals surface area contributed by atoms with E-state index in [-0.39, 0.29) is 24.0 Å². The fraction of sp³-hybridized carbons (Fsp3) is 0.316. The molecule has 1 saturated heterocycles. The van der Waals surface area contributed by atoms with Crippen molar-refractivity contribution in [2.24, 2.45) is 0 Å².